The summed E-state index contributed by atoms with van der Waals surface area (Å²) in [5, 5.41) is 0.837. The third kappa shape index (κ3) is 1.04. The second-order valence-corrected chi connectivity index (χ2v) is 2.13. The molecule has 0 fully saturated rings. The van der Waals surface area contributed by atoms with Crippen molar-refractivity contribution in [1.82, 2.24) is 4.98 Å². The molecule has 1 heterocycles. The molecule has 44 valence electrons. The van der Waals surface area contributed by atoms with E-state index in [9.17, 15) is 0 Å². The molecule has 0 bridgehead atoms. The summed E-state index contributed by atoms with van der Waals surface area (Å²) in [6.07, 6.45) is 0. The van der Waals surface area contributed by atoms with E-state index in [1.165, 1.54) is 0 Å². The molecule has 1 aromatic heterocycles. The van der Waals surface area contributed by atoms with Crippen molar-refractivity contribution in [3.8, 4) is 0 Å². The Labute approximate surface area is 56.2 Å². The van der Waals surface area contributed by atoms with E-state index >= 15 is 0 Å². The van der Waals surface area contributed by atoms with E-state index in [-0.39, 0.29) is 0 Å². The monoisotopic (exact) mass is 174 g/mol. The van der Waals surface area contributed by atoms with Crippen LogP contribution >= 0.6 is 15.9 Å². The maximum absolute atomic E-state index is 5.38. The molecule has 0 radical (unpaired) electrons. The molecule has 1 rings (SSSR count). The number of halogens is 1. The molecule has 0 saturated carbocycles. The second kappa shape index (κ2) is 2.22. The highest BCUT2D eigenvalue weighted by molar-refractivity contribution is 9.08. The molecule has 0 unspecified atom stereocenters. The fraction of sp³-hybridized carbons (Fsp3) is 0.200. The van der Waals surface area contributed by atoms with Gasteiger partial charge in [0.2, 0.25) is 0 Å². The van der Waals surface area contributed by atoms with Crippen LogP contribution in [0.4, 0.5) is 5.82 Å². The van der Waals surface area contributed by atoms with Crippen molar-refractivity contribution in [2.75, 3.05) is 5.73 Å². The van der Waals surface area contributed by atoms with Gasteiger partial charge in [-0.25, -0.2) is 0 Å². The molecular weight excluding hydrogens is 168 g/mol. The van der Waals surface area contributed by atoms with Crippen molar-refractivity contribution in [2.45, 2.75) is 5.33 Å². The fourth-order valence-corrected chi connectivity index (χ4v) is 0.864. The summed E-state index contributed by atoms with van der Waals surface area (Å²) in [5.41, 5.74) is 6.49. The number of hydrogen-bond donors (Lipinski definition) is 2. The topological polar surface area (TPSA) is 41.8 Å². The Bertz CT molecular complexity index is 171. The third-order valence-electron chi connectivity index (χ3n) is 0.913. The van der Waals surface area contributed by atoms with Gasteiger partial charge in [-0.15, -0.1) is 0 Å². The number of rotatable bonds is 1. The minimum absolute atomic E-state index is 0.722. The van der Waals surface area contributed by atoms with Gasteiger partial charge in [0.05, 0.1) is 0 Å². The molecule has 0 spiro atoms. The van der Waals surface area contributed by atoms with E-state index in [0.717, 1.165) is 16.8 Å². The standard InChI is InChI=1S/C5H7BrN2/c6-3-4-1-2-5(7)8-4/h1-2,8H,3,7H2. The van der Waals surface area contributed by atoms with Crippen molar-refractivity contribution in [3.05, 3.63) is 17.8 Å². The van der Waals surface area contributed by atoms with Crippen LogP contribution in [0.3, 0.4) is 0 Å². The highest BCUT2D eigenvalue weighted by Crippen LogP contribution is 2.05. The number of H-pyrrole nitrogens is 1. The van der Waals surface area contributed by atoms with Gasteiger partial charge >= 0.3 is 0 Å². The smallest absolute Gasteiger partial charge is 0.100 e. The summed E-state index contributed by atoms with van der Waals surface area (Å²) < 4.78 is 0. The third-order valence-corrected chi connectivity index (χ3v) is 1.52. The molecule has 3 N–H and O–H groups in total. The van der Waals surface area contributed by atoms with Crippen LogP contribution in [-0.2, 0) is 5.33 Å². The zero-order valence-corrected chi connectivity index (χ0v) is 5.90. The van der Waals surface area contributed by atoms with E-state index in [1.807, 2.05) is 12.1 Å². The second-order valence-electron chi connectivity index (χ2n) is 1.57. The summed E-state index contributed by atoms with van der Waals surface area (Å²) in [6, 6.07) is 3.79. The summed E-state index contributed by atoms with van der Waals surface area (Å²) >= 11 is 3.28. The van der Waals surface area contributed by atoms with E-state index < -0.39 is 0 Å². The maximum Gasteiger partial charge on any atom is 0.100 e. The van der Waals surface area contributed by atoms with Crippen molar-refractivity contribution in [2.24, 2.45) is 0 Å². The molecule has 0 aliphatic rings. The number of alkyl halides is 1. The Morgan fingerprint density at radius 2 is 2.38 bits per heavy atom. The van der Waals surface area contributed by atoms with Gasteiger partial charge in [0.15, 0.2) is 0 Å². The Morgan fingerprint density at radius 3 is 2.62 bits per heavy atom. The van der Waals surface area contributed by atoms with Gasteiger partial charge in [0, 0.05) is 11.0 Å². The van der Waals surface area contributed by atoms with Crippen LogP contribution in [0, 0.1) is 0 Å². The zero-order chi connectivity index (χ0) is 5.98. The number of aromatic amines is 1. The van der Waals surface area contributed by atoms with Crippen LogP contribution in [-0.4, -0.2) is 4.98 Å². The van der Waals surface area contributed by atoms with Gasteiger partial charge in [0.1, 0.15) is 5.82 Å². The van der Waals surface area contributed by atoms with Crippen molar-refractivity contribution in [1.29, 1.82) is 0 Å². The van der Waals surface area contributed by atoms with Crippen LogP contribution < -0.4 is 5.73 Å². The maximum atomic E-state index is 5.38. The first-order valence-corrected chi connectivity index (χ1v) is 3.44. The molecule has 0 amide bonds. The van der Waals surface area contributed by atoms with Gasteiger partial charge in [0.25, 0.3) is 0 Å². The average molecular weight is 175 g/mol. The lowest BCUT2D eigenvalue weighted by Gasteiger charge is -1.83. The quantitative estimate of drug-likeness (QED) is 0.623. The molecule has 0 atom stereocenters. The van der Waals surface area contributed by atoms with Crippen LogP contribution in [0.25, 0.3) is 0 Å². The minimum atomic E-state index is 0.722. The molecule has 0 aliphatic carbocycles. The van der Waals surface area contributed by atoms with Crippen LogP contribution in [0.15, 0.2) is 12.1 Å². The van der Waals surface area contributed by atoms with Gasteiger partial charge < -0.3 is 10.7 Å². The lowest BCUT2D eigenvalue weighted by Crippen LogP contribution is -1.83. The molecular formula is C5H7BrN2. The first-order chi connectivity index (χ1) is 3.83. The van der Waals surface area contributed by atoms with E-state index in [1.54, 1.807) is 0 Å². The number of nitrogens with two attached hydrogens (primary N) is 1. The van der Waals surface area contributed by atoms with Crippen LogP contribution in [0.5, 0.6) is 0 Å². The molecule has 8 heavy (non-hydrogen) atoms. The number of nitrogen functional groups attached to an aromatic ring is 1. The molecule has 0 aromatic carbocycles. The first kappa shape index (κ1) is 5.69. The van der Waals surface area contributed by atoms with Crippen LogP contribution in [0.1, 0.15) is 5.69 Å². The predicted molar refractivity (Wildman–Crippen MR) is 37.8 cm³/mol. The van der Waals surface area contributed by atoms with Crippen molar-refractivity contribution >= 4 is 21.7 Å². The number of aromatic nitrogens is 1. The van der Waals surface area contributed by atoms with Crippen molar-refractivity contribution < 1.29 is 0 Å². The summed E-state index contributed by atoms with van der Waals surface area (Å²) in [7, 11) is 0. The van der Waals surface area contributed by atoms with Crippen LogP contribution in [0.2, 0.25) is 0 Å². The molecule has 3 heteroatoms. The Hall–Kier alpha value is -0.440. The van der Waals surface area contributed by atoms with Crippen molar-refractivity contribution in [3.63, 3.8) is 0 Å². The normalized spacial score (nSPS) is 9.62. The lowest BCUT2D eigenvalue weighted by atomic mass is 10.5. The predicted octanol–water partition coefficient (Wildman–Crippen LogP) is 1.49. The number of anilines is 1. The van der Waals surface area contributed by atoms with Gasteiger partial charge in [-0.05, 0) is 12.1 Å². The Morgan fingerprint density at radius 1 is 1.62 bits per heavy atom. The van der Waals surface area contributed by atoms with E-state index in [2.05, 4.69) is 20.9 Å². The Balaban J connectivity index is 2.84. The largest absolute Gasteiger partial charge is 0.385 e. The fourth-order valence-electron chi connectivity index (χ4n) is 0.537. The molecule has 0 saturated heterocycles. The number of hydrogen-bond acceptors (Lipinski definition) is 1. The summed E-state index contributed by atoms with van der Waals surface area (Å²) in [5.74, 6) is 0.722. The van der Waals surface area contributed by atoms with Gasteiger partial charge in [-0.1, -0.05) is 15.9 Å². The number of nitrogens with one attached hydrogen (secondary N) is 1. The van der Waals surface area contributed by atoms with Gasteiger partial charge in [-0.2, -0.15) is 0 Å². The first-order valence-electron chi connectivity index (χ1n) is 2.32. The van der Waals surface area contributed by atoms with E-state index in [4.69, 9.17) is 5.73 Å². The highest BCUT2D eigenvalue weighted by atomic mass is 79.9. The summed E-state index contributed by atoms with van der Waals surface area (Å²) in [6.45, 7) is 0. The zero-order valence-electron chi connectivity index (χ0n) is 4.32. The Kier molecular flexibility index (Phi) is 1.58. The summed E-state index contributed by atoms with van der Waals surface area (Å²) in [4.78, 5) is 2.96. The molecule has 2 nitrogen and oxygen atoms in total. The minimum Gasteiger partial charge on any atom is -0.385 e. The molecule has 1 aromatic rings. The molecule has 0 aliphatic heterocycles. The van der Waals surface area contributed by atoms with Gasteiger partial charge in [-0.3, -0.25) is 0 Å². The van der Waals surface area contributed by atoms with E-state index in [0.29, 0.717) is 0 Å². The highest BCUT2D eigenvalue weighted by Gasteiger charge is 1.89. The lowest BCUT2D eigenvalue weighted by molar-refractivity contribution is 1.25. The average Bonchev–Trinajstić information content (AvgIpc) is 2.14. The SMILES string of the molecule is Nc1ccc(CBr)[nH]1.